The molecule has 0 amide bonds. The molecular weight excluding hydrogens is 252 g/mol. The van der Waals surface area contributed by atoms with E-state index in [0.29, 0.717) is 12.2 Å². The summed E-state index contributed by atoms with van der Waals surface area (Å²) in [4.78, 5) is 0. The van der Waals surface area contributed by atoms with Crippen LogP contribution in [0.1, 0.15) is 0 Å². The topological polar surface area (TPSA) is 84.0 Å². The van der Waals surface area contributed by atoms with Crippen molar-refractivity contribution in [1.29, 1.82) is 0 Å². The van der Waals surface area contributed by atoms with Crippen molar-refractivity contribution in [2.75, 3.05) is 33.5 Å². The number of hydrogen-bond acceptors (Lipinski definition) is 6. The first-order valence-electron chi connectivity index (χ1n) is 6.06. The fraction of sp³-hybridized carbons (Fsp3) is 0.538. The molecule has 2 atom stereocenters. The molecule has 106 valence electrons. The lowest BCUT2D eigenvalue weighted by atomic mass is 10.3. The summed E-state index contributed by atoms with van der Waals surface area (Å²) in [6.45, 7) is 3.26. The van der Waals surface area contributed by atoms with Gasteiger partial charge in [-0.15, -0.1) is 0 Å². The van der Waals surface area contributed by atoms with E-state index in [9.17, 15) is 0 Å². The van der Waals surface area contributed by atoms with E-state index in [-0.39, 0.29) is 17.2 Å². The van der Waals surface area contributed by atoms with Gasteiger partial charge in [-0.05, 0) is 12.1 Å². The first-order chi connectivity index (χ1) is 9.19. The van der Waals surface area contributed by atoms with Gasteiger partial charge in [-0.1, -0.05) is 0 Å². The highest BCUT2D eigenvalue weighted by molar-refractivity contribution is 5.43. The van der Waals surface area contributed by atoms with Crippen LogP contribution in [0.4, 0.5) is 0 Å². The summed E-state index contributed by atoms with van der Waals surface area (Å²) in [7, 11) is 1.43. The molecule has 3 rings (SSSR count). The van der Waals surface area contributed by atoms with Crippen molar-refractivity contribution in [3.05, 3.63) is 18.2 Å². The Morgan fingerprint density at radius 3 is 2.16 bits per heavy atom. The van der Waals surface area contributed by atoms with E-state index in [0.717, 1.165) is 26.4 Å². The highest BCUT2D eigenvalue weighted by atomic mass is 16.6. The predicted octanol–water partition coefficient (Wildman–Crippen LogP) is 0.907. The average molecular weight is 270 g/mol. The molecule has 6 heteroatoms. The quantitative estimate of drug-likeness (QED) is 0.611. The lowest BCUT2D eigenvalue weighted by molar-refractivity contribution is 0.102. The third-order valence-corrected chi connectivity index (χ3v) is 2.58. The molecule has 2 aliphatic rings. The van der Waals surface area contributed by atoms with Gasteiger partial charge in [-0.25, -0.2) is 0 Å². The molecule has 2 aliphatic heterocycles. The largest absolute Gasteiger partial charge is 0.508 e. The second-order valence-corrected chi connectivity index (χ2v) is 4.30. The predicted molar refractivity (Wildman–Crippen MR) is 66.6 cm³/mol. The lowest BCUT2D eigenvalue weighted by Gasteiger charge is -2.01. The Balaban J connectivity index is 0.000000141. The zero-order chi connectivity index (χ0) is 13.7. The van der Waals surface area contributed by atoms with Gasteiger partial charge in [0.2, 0.25) is 0 Å². The van der Waals surface area contributed by atoms with Crippen molar-refractivity contribution in [3.63, 3.8) is 0 Å². The van der Waals surface area contributed by atoms with Crippen molar-refractivity contribution >= 4 is 0 Å². The number of ether oxygens (including phenoxy) is 4. The molecule has 2 N–H and O–H groups in total. The minimum atomic E-state index is 0.0281. The number of phenolic OH excluding ortho intramolecular Hbond substituents is 2. The maximum Gasteiger partial charge on any atom is 0.164 e. The number of phenols is 2. The average Bonchev–Trinajstić information content (AvgIpc) is 3.27. The molecule has 2 fully saturated rings. The van der Waals surface area contributed by atoms with Crippen LogP contribution in [0.5, 0.6) is 17.2 Å². The maximum atomic E-state index is 9.00. The fourth-order valence-electron chi connectivity index (χ4n) is 1.33. The fourth-order valence-corrected chi connectivity index (χ4v) is 1.33. The molecule has 2 saturated heterocycles. The smallest absolute Gasteiger partial charge is 0.164 e. The minimum Gasteiger partial charge on any atom is -0.508 e. The highest BCUT2D eigenvalue weighted by Gasteiger charge is 2.26. The van der Waals surface area contributed by atoms with Crippen LogP contribution in [0.2, 0.25) is 0 Å². The molecule has 0 radical (unpaired) electrons. The molecular formula is C13H18O6. The standard InChI is InChI=1S/C7H8O3.C6H10O3/c1-10-7-4-5(8)2-3-6(7)9;1(5-3-8-5)7-2-6-4-9-6/h2-4,8-9H,1H3;5-6H,1-4H2. The summed E-state index contributed by atoms with van der Waals surface area (Å²) < 4.78 is 19.8. The number of hydrogen-bond donors (Lipinski definition) is 2. The monoisotopic (exact) mass is 270 g/mol. The Kier molecular flexibility index (Phi) is 4.84. The van der Waals surface area contributed by atoms with E-state index >= 15 is 0 Å². The normalized spacial score (nSPS) is 23.2. The zero-order valence-corrected chi connectivity index (χ0v) is 10.7. The molecule has 0 aliphatic carbocycles. The van der Waals surface area contributed by atoms with Gasteiger partial charge in [-0.3, -0.25) is 0 Å². The molecule has 2 unspecified atom stereocenters. The molecule has 0 aromatic heterocycles. The molecule has 0 bridgehead atoms. The van der Waals surface area contributed by atoms with Gasteiger partial charge < -0.3 is 29.2 Å². The van der Waals surface area contributed by atoms with Crippen molar-refractivity contribution in [2.45, 2.75) is 12.2 Å². The second-order valence-electron chi connectivity index (χ2n) is 4.30. The zero-order valence-electron chi connectivity index (χ0n) is 10.7. The number of epoxide rings is 2. The summed E-state index contributed by atoms with van der Waals surface area (Å²) in [5.74, 6) is 0.384. The van der Waals surface area contributed by atoms with Gasteiger partial charge in [0.15, 0.2) is 11.5 Å². The van der Waals surface area contributed by atoms with Crippen molar-refractivity contribution in [2.24, 2.45) is 0 Å². The Morgan fingerprint density at radius 2 is 1.74 bits per heavy atom. The maximum absolute atomic E-state index is 9.00. The lowest BCUT2D eigenvalue weighted by Crippen LogP contribution is -2.06. The number of benzene rings is 1. The molecule has 1 aromatic rings. The highest BCUT2D eigenvalue weighted by Crippen LogP contribution is 2.28. The van der Waals surface area contributed by atoms with Gasteiger partial charge in [0.05, 0.1) is 33.5 Å². The summed E-state index contributed by atoms with van der Waals surface area (Å²) in [6, 6.07) is 4.10. The second kappa shape index (κ2) is 6.60. The number of aromatic hydroxyl groups is 2. The van der Waals surface area contributed by atoms with E-state index in [1.165, 1.54) is 25.3 Å². The summed E-state index contributed by atoms with van der Waals surface area (Å²) in [6.07, 6.45) is 0.785. The van der Waals surface area contributed by atoms with Gasteiger partial charge in [0.1, 0.15) is 18.0 Å². The molecule has 6 nitrogen and oxygen atoms in total. The summed E-state index contributed by atoms with van der Waals surface area (Å²) in [5.41, 5.74) is 0. The number of methoxy groups -OCH3 is 1. The van der Waals surface area contributed by atoms with Gasteiger partial charge >= 0.3 is 0 Å². The first-order valence-corrected chi connectivity index (χ1v) is 6.06. The minimum absolute atomic E-state index is 0.0281. The Hall–Kier alpha value is -1.50. The summed E-state index contributed by atoms with van der Waals surface area (Å²) >= 11 is 0. The van der Waals surface area contributed by atoms with Gasteiger partial charge in [0.25, 0.3) is 0 Å². The van der Waals surface area contributed by atoms with Crippen LogP contribution in [0, 0.1) is 0 Å². The van der Waals surface area contributed by atoms with Crippen LogP contribution < -0.4 is 4.74 Å². The van der Waals surface area contributed by atoms with Crippen molar-refractivity contribution < 1.29 is 29.2 Å². The Bertz CT molecular complexity index is 388. The third-order valence-electron chi connectivity index (χ3n) is 2.58. The van der Waals surface area contributed by atoms with Crippen molar-refractivity contribution in [3.8, 4) is 17.2 Å². The first kappa shape index (κ1) is 13.9. The van der Waals surface area contributed by atoms with Crippen LogP contribution in [0.3, 0.4) is 0 Å². The Morgan fingerprint density at radius 1 is 1.16 bits per heavy atom. The molecule has 0 spiro atoms. The van der Waals surface area contributed by atoms with E-state index in [1.54, 1.807) is 0 Å². The van der Waals surface area contributed by atoms with Crippen LogP contribution in [-0.2, 0) is 14.2 Å². The van der Waals surface area contributed by atoms with Crippen LogP contribution in [0.15, 0.2) is 18.2 Å². The van der Waals surface area contributed by atoms with E-state index in [2.05, 4.69) is 0 Å². The number of rotatable bonds is 5. The van der Waals surface area contributed by atoms with E-state index in [4.69, 9.17) is 29.2 Å². The molecule has 2 heterocycles. The van der Waals surface area contributed by atoms with Crippen molar-refractivity contribution in [1.82, 2.24) is 0 Å². The van der Waals surface area contributed by atoms with Gasteiger partial charge in [-0.2, -0.15) is 0 Å². The van der Waals surface area contributed by atoms with E-state index < -0.39 is 0 Å². The van der Waals surface area contributed by atoms with E-state index in [1.807, 2.05) is 0 Å². The molecule has 0 saturated carbocycles. The van der Waals surface area contributed by atoms with Gasteiger partial charge in [0, 0.05) is 6.07 Å². The third kappa shape index (κ3) is 5.34. The Labute approximate surface area is 111 Å². The van der Waals surface area contributed by atoms with Crippen LogP contribution in [-0.4, -0.2) is 56.0 Å². The molecule has 19 heavy (non-hydrogen) atoms. The SMILES string of the molecule is C(OCC1CO1)C1CO1.COc1cc(O)ccc1O. The summed E-state index contributed by atoms with van der Waals surface area (Å²) in [5, 5.41) is 17.9. The van der Waals surface area contributed by atoms with Crippen LogP contribution in [0.25, 0.3) is 0 Å². The molecule has 1 aromatic carbocycles. The van der Waals surface area contributed by atoms with Crippen LogP contribution >= 0.6 is 0 Å².